The summed E-state index contributed by atoms with van der Waals surface area (Å²) in [6.45, 7) is 8.53. The second-order valence-electron chi connectivity index (χ2n) is 6.94. The van der Waals surface area contributed by atoms with E-state index in [1.807, 2.05) is 74.5 Å². The van der Waals surface area contributed by atoms with Gasteiger partial charge in [0.05, 0.1) is 12.2 Å². The largest absolute Gasteiger partial charge is 0.455 e. The molecule has 0 aliphatic carbocycles. The van der Waals surface area contributed by atoms with E-state index in [0.29, 0.717) is 11.8 Å². The molecule has 0 saturated heterocycles. The van der Waals surface area contributed by atoms with Gasteiger partial charge in [0.15, 0.2) is 11.5 Å². The van der Waals surface area contributed by atoms with Crippen molar-refractivity contribution in [2.75, 3.05) is 11.9 Å². The molecule has 3 rings (SSSR count). The lowest BCUT2D eigenvalue weighted by Crippen LogP contribution is -2.15. The topological polar surface area (TPSA) is 43.3 Å². The summed E-state index contributed by atoms with van der Waals surface area (Å²) in [5.74, 6) is 1.53. The van der Waals surface area contributed by atoms with Gasteiger partial charge in [-0.2, -0.15) is 0 Å². The Morgan fingerprint density at radius 1 is 1.04 bits per heavy atom. The summed E-state index contributed by atoms with van der Waals surface area (Å²) >= 11 is 0. The summed E-state index contributed by atoms with van der Waals surface area (Å²) in [7, 11) is 0. The van der Waals surface area contributed by atoms with E-state index >= 15 is 0 Å². The van der Waals surface area contributed by atoms with Gasteiger partial charge in [0, 0.05) is 23.0 Å². The minimum absolute atomic E-state index is 0.0736. The zero-order valence-corrected chi connectivity index (χ0v) is 16.3. The van der Waals surface area contributed by atoms with Gasteiger partial charge in [0.1, 0.15) is 5.75 Å². The van der Waals surface area contributed by atoms with Crippen LogP contribution in [0.15, 0.2) is 60.7 Å². The number of hydrogen-bond donors (Lipinski definition) is 1. The van der Waals surface area contributed by atoms with Gasteiger partial charge in [-0.1, -0.05) is 30.3 Å². The number of hydrogen-bond acceptors (Lipinski definition) is 3. The first kappa shape index (κ1) is 18.8. The first-order valence-electron chi connectivity index (χ1n) is 9.24. The molecule has 4 nitrogen and oxygen atoms in total. The van der Waals surface area contributed by atoms with Crippen LogP contribution in [0.25, 0.3) is 0 Å². The van der Waals surface area contributed by atoms with E-state index < -0.39 is 0 Å². The number of benzene rings is 2. The van der Waals surface area contributed by atoms with Crippen molar-refractivity contribution < 1.29 is 9.53 Å². The molecule has 0 unspecified atom stereocenters. The molecule has 3 aromatic rings. The highest BCUT2D eigenvalue weighted by atomic mass is 16.5. The van der Waals surface area contributed by atoms with Gasteiger partial charge in [0.25, 0.3) is 0 Å². The van der Waals surface area contributed by atoms with E-state index in [4.69, 9.17) is 4.74 Å². The number of carbonyl (C=O) groups is 1. The molecule has 140 valence electrons. The van der Waals surface area contributed by atoms with Gasteiger partial charge in [-0.25, -0.2) is 0 Å². The second kappa shape index (κ2) is 8.12. The molecule has 1 N–H and O–H groups in total. The predicted octanol–water partition coefficient (Wildman–Crippen LogP) is 5.77. The smallest absolute Gasteiger partial charge is 0.183 e. The Morgan fingerprint density at radius 3 is 2.37 bits per heavy atom. The monoisotopic (exact) mass is 362 g/mol. The second-order valence-corrected chi connectivity index (χ2v) is 6.94. The highest BCUT2D eigenvalue weighted by Gasteiger charge is 2.17. The molecule has 0 bridgehead atoms. The van der Waals surface area contributed by atoms with Crippen molar-refractivity contribution >= 4 is 11.5 Å². The molecule has 4 heteroatoms. The molecule has 0 amide bonds. The molecule has 0 spiro atoms. The lowest BCUT2D eigenvalue weighted by Gasteiger charge is -2.14. The van der Waals surface area contributed by atoms with Crippen LogP contribution in [0.2, 0.25) is 0 Å². The van der Waals surface area contributed by atoms with Crippen molar-refractivity contribution in [1.29, 1.82) is 0 Å². The standard InChI is InChI=1S/C23H26N2O2/c1-16(2)25-17(3)14-20(18(25)4)22(26)15-24-21-12-8-9-13-23(21)27-19-10-6-5-7-11-19/h5-14,16,24H,15H2,1-4H3. The van der Waals surface area contributed by atoms with Gasteiger partial charge >= 0.3 is 0 Å². The fourth-order valence-corrected chi connectivity index (χ4v) is 3.44. The SMILES string of the molecule is Cc1cc(C(=O)CNc2ccccc2Oc2ccccc2)c(C)n1C(C)C. The molecule has 27 heavy (non-hydrogen) atoms. The van der Waals surface area contributed by atoms with Crippen LogP contribution >= 0.6 is 0 Å². The van der Waals surface area contributed by atoms with Crippen LogP contribution in [0.1, 0.15) is 41.6 Å². The van der Waals surface area contributed by atoms with E-state index in [1.165, 1.54) is 0 Å². The average Bonchev–Trinajstić information content (AvgIpc) is 2.96. The number of nitrogens with one attached hydrogen (secondary N) is 1. The normalized spacial score (nSPS) is 10.9. The highest BCUT2D eigenvalue weighted by molar-refractivity contribution is 6.00. The zero-order chi connectivity index (χ0) is 19.4. The van der Waals surface area contributed by atoms with Gasteiger partial charge in [-0.05, 0) is 58.0 Å². The van der Waals surface area contributed by atoms with Crippen LogP contribution in [0.5, 0.6) is 11.5 Å². The number of ketones is 1. The predicted molar refractivity (Wildman–Crippen MR) is 110 cm³/mol. The summed E-state index contributed by atoms with van der Waals surface area (Å²) in [5.41, 5.74) is 3.70. The van der Waals surface area contributed by atoms with Crippen LogP contribution < -0.4 is 10.1 Å². The minimum atomic E-state index is 0.0736. The van der Waals surface area contributed by atoms with Crippen molar-refractivity contribution in [3.63, 3.8) is 0 Å². The first-order chi connectivity index (χ1) is 13.0. The number of para-hydroxylation sites is 3. The molecule has 0 saturated carbocycles. The highest BCUT2D eigenvalue weighted by Crippen LogP contribution is 2.29. The summed E-state index contributed by atoms with van der Waals surface area (Å²) in [5, 5.41) is 3.23. The summed E-state index contributed by atoms with van der Waals surface area (Å²) < 4.78 is 8.14. The van der Waals surface area contributed by atoms with Crippen LogP contribution in [0.3, 0.4) is 0 Å². The average molecular weight is 362 g/mol. The third-order valence-corrected chi connectivity index (χ3v) is 4.60. The van der Waals surface area contributed by atoms with E-state index in [9.17, 15) is 4.79 Å². The fourth-order valence-electron chi connectivity index (χ4n) is 3.44. The summed E-state index contributed by atoms with van der Waals surface area (Å²) in [4.78, 5) is 12.8. The maximum absolute atomic E-state index is 12.8. The number of Topliss-reactive ketones (excluding diaryl/α,β-unsaturated/α-hetero) is 1. The maximum atomic E-state index is 12.8. The number of nitrogens with zero attached hydrogens (tertiary/aromatic N) is 1. The number of ether oxygens (including phenoxy) is 1. The van der Waals surface area contributed by atoms with Crippen molar-refractivity contribution in [1.82, 2.24) is 4.57 Å². The molecule has 0 radical (unpaired) electrons. The van der Waals surface area contributed by atoms with Crippen LogP contribution in [0, 0.1) is 13.8 Å². The number of carbonyl (C=O) groups excluding carboxylic acids is 1. The fraction of sp³-hybridized carbons (Fsp3) is 0.261. The van der Waals surface area contributed by atoms with Gasteiger partial charge < -0.3 is 14.6 Å². The van der Waals surface area contributed by atoms with E-state index in [0.717, 1.165) is 28.4 Å². The Bertz CT molecular complexity index is 927. The number of anilines is 1. The van der Waals surface area contributed by atoms with Crippen molar-refractivity contribution in [3.8, 4) is 11.5 Å². The Balaban J connectivity index is 1.74. The lowest BCUT2D eigenvalue weighted by molar-refractivity contribution is 0.101. The van der Waals surface area contributed by atoms with Crippen LogP contribution in [-0.2, 0) is 0 Å². The van der Waals surface area contributed by atoms with Crippen LogP contribution in [-0.4, -0.2) is 16.9 Å². The molecule has 0 atom stereocenters. The Hall–Kier alpha value is -3.01. The molecule has 1 aromatic heterocycles. The first-order valence-corrected chi connectivity index (χ1v) is 9.24. The Morgan fingerprint density at radius 2 is 1.70 bits per heavy atom. The molecule has 0 aliphatic rings. The van der Waals surface area contributed by atoms with E-state index in [-0.39, 0.29) is 12.3 Å². The zero-order valence-electron chi connectivity index (χ0n) is 16.3. The van der Waals surface area contributed by atoms with E-state index in [2.05, 4.69) is 23.7 Å². The maximum Gasteiger partial charge on any atom is 0.183 e. The number of aryl methyl sites for hydroxylation is 1. The Kier molecular flexibility index (Phi) is 5.65. The summed E-state index contributed by atoms with van der Waals surface area (Å²) in [6.07, 6.45) is 0. The molecule has 1 heterocycles. The molecular weight excluding hydrogens is 336 g/mol. The van der Waals surface area contributed by atoms with Crippen molar-refractivity contribution in [3.05, 3.63) is 77.6 Å². The number of aromatic nitrogens is 1. The third kappa shape index (κ3) is 4.22. The molecule has 0 fully saturated rings. The number of rotatable bonds is 7. The van der Waals surface area contributed by atoms with Crippen LogP contribution in [0.4, 0.5) is 5.69 Å². The molecule has 2 aromatic carbocycles. The third-order valence-electron chi connectivity index (χ3n) is 4.60. The van der Waals surface area contributed by atoms with Crippen molar-refractivity contribution in [2.45, 2.75) is 33.7 Å². The van der Waals surface area contributed by atoms with E-state index in [1.54, 1.807) is 0 Å². The molecule has 0 aliphatic heterocycles. The van der Waals surface area contributed by atoms with Gasteiger partial charge in [0.2, 0.25) is 0 Å². The quantitative estimate of drug-likeness (QED) is 0.542. The van der Waals surface area contributed by atoms with Gasteiger partial charge in [-0.15, -0.1) is 0 Å². The lowest BCUT2D eigenvalue weighted by atomic mass is 10.1. The van der Waals surface area contributed by atoms with Crippen molar-refractivity contribution in [2.24, 2.45) is 0 Å². The van der Waals surface area contributed by atoms with Gasteiger partial charge in [-0.3, -0.25) is 4.79 Å². The Labute approximate surface area is 160 Å². The minimum Gasteiger partial charge on any atom is -0.455 e. The molecular formula is C23H26N2O2. The summed E-state index contributed by atoms with van der Waals surface area (Å²) in [6, 6.07) is 19.6.